The zero-order valence-electron chi connectivity index (χ0n) is 13.5. The Bertz CT molecular complexity index is 752. The second-order valence-electron chi connectivity index (χ2n) is 5.43. The van der Waals surface area contributed by atoms with Gasteiger partial charge in [-0.2, -0.15) is 0 Å². The van der Waals surface area contributed by atoms with Gasteiger partial charge in [0.05, 0.1) is 14.2 Å². The maximum Gasteiger partial charge on any atom is 0.328 e. The molecule has 6 nitrogen and oxygen atoms in total. The van der Waals surface area contributed by atoms with Crippen LogP contribution in [0.5, 0.6) is 5.75 Å². The number of nitrogens with one attached hydrogen (secondary N) is 2. The highest BCUT2D eigenvalue weighted by atomic mass is 19.3. The first-order valence-electron chi connectivity index (χ1n) is 7.17. The molecule has 1 unspecified atom stereocenters. The molecule has 0 spiro atoms. The number of rotatable bonds is 6. The van der Waals surface area contributed by atoms with Gasteiger partial charge in [0.2, 0.25) is 5.92 Å². The molecule has 0 saturated heterocycles. The minimum absolute atomic E-state index is 0.128. The summed E-state index contributed by atoms with van der Waals surface area (Å²) in [5, 5.41) is 2.94. The molecule has 8 heteroatoms. The van der Waals surface area contributed by atoms with E-state index in [1.54, 1.807) is 18.2 Å². The van der Waals surface area contributed by atoms with E-state index in [0.29, 0.717) is 23.6 Å². The van der Waals surface area contributed by atoms with Crippen LogP contribution in [0.15, 0.2) is 24.3 Å². The van der Waals surface area contributed by atoms with Crippen LogP contribution in [-0.2, 0) is 9.53 Å². The lowest BCUT2D eigenvalue weighted by molar-refractivity contribution is -0.145. The van der Waals surface area contributed by atoms with Crippen molar-refractivity contribution in [2.24, 2.45) is 0 Å². The van der Waals surface area contributed by atoms with E-state index >= 15 is 0 Å². The second kappa shape index (κ2) is 6.86. The monoisotopic (exact) mass is 340 g/mol. The molecule has 2 N–H and O–H groups in total. The summed E-state index contributed by atoms with van der Waals surface area (Å²) in [7, 11) is 2.57. The lowest BCUT2D eigenvalue weighted by Crippen LogP contribution is -2.44. The maximum absolute atomic E-state index is 13.2. The van der Waals surface area contributed by atoms with Crippen molar-refractivity contribution in [3.05, 3.63) is 30.0 Å². The molecule has 1 aromatic heterocycles. The van der Waals surface area contributed by atoms with Crippen molar-refractivity contribution in [2.45, 2.75) is 25.3 Å². The molecule has 2 rings (SSSR count). The van der Waals surface area contributed by atoms with E-state index < -0.39 is 30.3 Å². The largest absolute Gasteiger partial charge is 0.496 e. The Kier molecular flexibility index (Phi) is 5.06. The van der Waals surface area contributed by atoms with Gasteiger partial charge in [-0.05, 0) is 25.1 Å². The summed E-state index contributed by atoms with van der Waals surface area (Å²) in [5.74, 6) is -4.19. The number of hydrogen-bond acceptors (Lipinski definition) is 4. The highest BCUT2D eigenvalue weighted by Gasteiger charge is 2.33. The molecule has 0 fully saturated rings. The van der Waals surface area contributed by atoms with Crippen LogP contribution in [0.4, 0.5) is 8.78 Å². The number of carbonyl (C=O) groups is 2. The standard InChI is InChI=1S/C16H18F2N2O4/c1-16(17,18)8-12(15(22)24-3)20-14(21)11-7-9-10(19-11)5-4-6-13(9)23-2/h4-7,12,19H,8H2,1-3H3,(H,20,21). The van der Waals surface area contributed by atoms with Crippen molar-refractivity contribution in [2.75, 3.05) is 14.2 Å². The Labute approximate surface area is 137 Å². The lowest BCUT2D eigenvalue weighted by Gasteiger charge is -2.19. The molecule has 130 valence electrons. The number of H-pyrrole nitrogens is 1. The van der Waals surface area contributed by atoms with Crippen molar-refractivity contribution in [1.29, 1.82) is 0 Å². The van der Waals surface area contributed by atoms with E-state index in [4.69, 9.17) is 4.74 Å². The molecule has 1 atom stereocenters. The third-order valence-corrected chi connectivity index (χ3v) is 3.44. The molecule has 0 aliphatic carbocycles. The Morgan fingerprint density at radius 2 is 2.04 bits per heavy atom. The van der Waals surface area contributed by atoms with Crippen LogP contribution in [0.2, 0.25) is 0 Å². The summed E-state index contributed by atoms with van der Waals surface area (Å²) < 4.78 is 36.1. The number of carbonyl (C=O) groups excluding carboxylic acids is 2. The van der Waals surface area contributed by atoms with E-state index in [9.17, 15) is 18.4 Å². The van der Waals surface area contributed by atoms with Crippen molar-refractivity contribution in [3.8, 4) is 5.75 Å². The van der Waals surface area contributed by atoms with Crippen LogP contribution in [0.1, 0.15) is 23.8 Å². The van der Waals surface area contributed by atoms with Gasteiger partial charge in [-0.3, -0.25) is 4.79 Å². The number of hydrogen-bond donors (Lipinski definition) is 2. The smallest absolute Gasteiger partial charge is 0.328 e. The predicted octanol–water partition coefficient (Wildman–Crippen LogP) is 2.49. The third-order valence-electron chi connectivity index (χ3n) is 3.44. The first kappa shape index (κ1) is 17.7. The summed E-state index contributed by atoms with van der Waals surface area (Å²) in [6, 6.07) is 5.30. The molecule has 0 aliphatic heterocycles. The third kappa shape index (κ3) is 4.01. The van der Waals surface area contributed by atoms with Crippen LogP contribution < -0.4 is 10.1 Å². The first-order chi connectivity index (χ1) is 11.2. The summed E-state index contributed by atoms with van der Waals surface area (Å²) in [4.78, 5) is 26.8. The fourth-order valence-electron chi connectivity index (χ4n) is 2.36. The molecule has 0 radical (unpaired) electrons. The van der Waals surface area contributed by atoms with Crippen molar-refractivity contribution >= 4 is 22.8 Å². The van der Waals surface area contributed by atoms with Gasteiger partial charge >= 0.3 is 5.97 Å². The fourth-order valence-corrected chi connectivity index (χ4v) is 2.36. The number of ether oxygens (including phenoxy) is 2. The van der Waals surface area contributed by atoms with Crippen LogP contribution in [0, 0.1) is 0 Å². The highest BCUT2D eigenvalue weighted by molar-refractivity contribution is 6.01. The van der Waals surface area contributed by atoms with Crippen LogP contribution >= 0.6 is 0 Å². The summed E-state index contributed by atoms with van der Waals surface area (Å²) >= 11 is 0. The van der Waals surface area contributed by atoms with Gasteiger partial charge in [0.15, 0.2) is 0 Å². The summed E-state index contributed by atoms with van der Waals surface area (Å²) in [6.07, 6.45) is -0.852. The van der Waals surface area contributed by atoms with Gasteiger partial charge in [0.1, 0.15) is 17.5 Å². The van der Waals surface area contributed by atoms with Gasteiger partial charge < -0.3 is 19.8 Å². The number of fused-ring (bicyclic) bond motifs is 1. The average Bonchev–Trinajstić information content (AvgIpc) is 2.96. The number of benzene rings is 1. The van der Waals surface area contributed by atoms with Gasteiger partial charge in [-0.25, -0.2) is 13.6 Å². The number of esters is 1. The van der Waals surface area contributed by atoms with E-state index in [0.717, 1.165) is 7.11 Å². The fraction of sp³-hybridized carbons (Fsp3) is 0.375. The minimum atomic E-state index is -3.13. The number of amides is 1. The molecular formula is C16H18F2N2O4. The molecule has 1 heterocycles. The molecule has 1 aromatic carbocycles. The van der Waals surface area contributed by atoms with Crippen LogP contribution in [-0.4, -0.2) is 43.0 Å². The summed E-state index contributed by atoms with van der Waals surface area (Å²) in [6.45, 7) is 0.670. The van der Waals surface area contributed by atoms with Crippen molar-refractivity contribution < 1.29 is 27.8 Å². The topological polar surface area (TPSA) is 80.4 Å². The number of methoxy groups -OCH3 is 2. The SMILES string of the molecule is COC(=O)C(CC(C)(F)F)NC(=O)c1cc2c(OC)cccc2[nH]1. The number of halogens is 2. The Balaban J connectivity index is 2.25. The Morgan fingerprint density at radius 1 is 1.33 bits per heavy atom. The van der Waals surface area contributed by atoms with Gasteiger partial charge in [-0.15, -0.1) is 0 Å². The second-order valence-corrected chi connectivity index (χ2v) is 5.43. The maximum atomic E-state index is 13.2. The normalized spacial score (nSPS) is 12.7. The molecular weight excluding hydrogens is 322 g/mol. The molecule has 0 bridgehead atoms. The highest BCUT2D eigenvalue weighted by Crippen LogP contribution is 2.26. The van der Waals surface area contributed by atoms with Crippen LogP contribution in [0.25, 0.3) is 10.9 Å². The molecule has 24 heavy (non-hydrogen) atoms. The summed E-state index contributed by atoms with van der Waals surface area (Å²) in [5.41, 5.74) is 0.776. The minimum Gasteiger partial charge on any atom is -0.496 e. The molecule has 0 saturated carbocycles. The van der Waals surface area contributed by atoms with Crippen molar-refractivity contribution in [1.82, 2.24) is 10.3 Å². The van der Waals surface area contributed by atoms with Gasteiger partial charge in [0.25, 0.3) is 5.91 Å². The van der Waals surface area contributed by atoms with Gasteiger partial charge in [0, 0.05) is 17.3 Å². The number of aromatic amines is 1. The quantitative estimate of drug-likeness (QED) is 0.792. The van der Waals surface area contributed by atoms with E-state index in [2.05, 4.69) is 15.0 Å². The molecule has 2 aromatic rings. The lowest BCUT2D eigenvalue weighted by atomic mass is 10.1. The van der Waals surface area contributed by atoms with Gasteiger partial charge in [-0.1, -0.05) is 6.07 Å². The van der Waals surface area contributed by atoms with Crippen LogP contribution in [0.3, 0.4) is 0 Å². The van der Waals surface area contributed by atoms with E-state index in [1.807, 2.05) is 0 Å². The zero-order chi connectivity index (χ0) is 17.9. The van der Waals surface area contributed by atoms with Crippen molar-refractivity contribution in [3.63, 3.8) is 0 Å². The number of alkyl halides is 2. The Morgan fingerprint density at radius 3 is 2.62 bits per heavy atom. The first-order valence-corrected chi connectivity index (χ1v) is 7.17. The average molecular weight is 340 g/mol. The molecule has 1 amide bonds. The Hall–Kier alpha value is -2.64. The van der Waals surface area contributed by atoms with E-state index in [-0.39, 0.29) is 5.69 Å². The molecule has 0 aliphatic rings. The predicted molar refractivity (Wildman–Crippen MR) is 83.4 cm³/mol. The zero-order valence-corrected chi connectivity index (χ0v) is 13.5. The number of aromatic nitrogens is 1. The van der Waals surface area contributed by atoms with E-state index in [1.165, 1.54) is 13.2 Å².